The zero-order chi connectivity index (χ0) is 6.85. The van der Waals surface area contributed by atoms with Crippen molar-refractivity contribution < 1.29 is 3.96 Å². The van der Waals surface area contributed by atoms with Crippen LogP contribution in [0.15, 0.2) is 11.4 Å². The molecular formula is C7H12NS+. The van der Waals surface area contributed by atoms with E-state index in [1.807, 2.05) is 0 Å². The zero-order valence-corrected chi connectivity index (χ0v) is 6.90. The van der Waals surface area contributed by atoms with Crippen LogP contribution in [0.25, 0.3) is 0 Å². The summed E-state index contributed by atoms with van der Waals surface area (Å²) < 4.78 is 2.20. The molecule has 1 heterocycles. The predicted octanol–water partition coefficient (Wildman–Crippen LogP) is 1.70. The summed E-state index contributed by atoms with van der Waals surface area (Å²) in [4.78, 5) is 0. The van der Waals surface area contributed by atoms with Crippen LogP contribution in [0.4, 0.5) is 0 Å². The Balaban J connectivity index is 2.94. The van der Waals surface area contributed by atoms with Gasteiger partial charge in [0.15, 0.2) is 12.7 Å². The molecule has 1 nitrogen and oxygen atoms in total. The first-order chi connectivity index (χ1) is 4.22. The Morgan fingerprint density at radius 3 is 2.44 bits per heavy atom. The van der Waals surface area contributed by atoms with Gasteiger partial charge in [0, 0.05) is 12.0 Å². The predicted molar refractivity (Wildman–Crippen MR) is 39.6 cm³/mol. The lowest BCUT2D eigenvalue weighted by Gasteiger charge is -1.93. The molecule has 1 rings (SSSR count). The van der Waals surface area contributed by atoms with Crippen molar-refractivity contribution in [1.29, 1.82) is 0 Å². The quantitative estimate of drug-likeness (QED) is 0.525. The van der Waals surface area contributed by atoms with Gasteiger partial charge in [-0.15, -0.1) is 3.96 Å². The molecule has 0 saturated heterocycles. The van der Waals surface area contributed by atoms with Crippen LogP contribution in [0.2, 0.25) is 0 Å². The largest absolute Gasteiger partial charge is 0.198 e. The van der Waals surface area contributed by atoms with E-state index in [-0.39, 0.29) is 0 Å². The van der Waals surface area contributed by atoms with Crippen molar-refractivity contribution in [3.8, 4) is 0 Å². The van der Waals surface area contributed by atoms with E-state index in [1.165, 1.54) is 5.69 Å². The molecule has 0 N–H and O–H groups in total. The lowest BCUT2D eigenvalue weighted by molar-refractivity contribution is -0.610. The lowest BCUT2D eigenvalue weighted by Crippen LogP contribution is -2.27. The summed E-state index contributed by atoms with van der Waals surface area (Å²) in [5.74, 6) is 0.654. The second kappa shape index (κ2) is 2.48. The number of aromatic nitrogens is 1. The van der Waals surface area contributed by atoms with Crippen LogP contribution >= 0.6 is 11.5 Å². The molecule has 0 saturated carbocycles. The van der Waals surface area contributed by atoms with Gasteiger partial charge < -0.3 is 0 Å². The maximum atomic E-state index is 2.21. The third-order valence-corrected chi connectivity index (χ3v) is 2.20. The molecule has 0 aromatic carbocycles. The Kier molecular flexibility index (Phi) is 1.86. The normalized spacial score (nSPS) is 10.7. The first kappa shape index (κ1) is 6.75. The molecule has 0 radical (unpaired) electrons. The van der Waals surface area contributed by atoms with Gasteiger partial charge in [-0.2, -0.15) is 0 Å². The third-order valence-electron chi connectivity index (χ3n) is 1.41. The van der Waals surface area contributed by atoms with E-state index >= 15 is 0 Å². The van der Waals surface area contributed by atoms with E-state index in [0.717, 1.165) is 0 Å². The second-order valence-corrected chi connectivity index (χ2v) is 3.52. The van der Waals surface area contributed by atoms with Crippen LogP contribution in [0.3, 0.4) is 0 Å². The summed E-state index contributed by atoms with van der Waals surface area (Å²) in [5, 5.41) is 2.12. The topological polar surface area (TPSA) is 3.88 Å². The molecule has 0 amide bonds. The summed E-state index contributed by atoms with van der Waals surface area (Å²) in [5.41, 5.74) is 1.42. The van der Waals surface area contributed by atoms with Crippen LogP contribution < -0.4 is 3.96 Å². The summed E-state index contributed by atoms with van der Waals surface area (Å²) in [6.07, 6.45) is 0. The van der Waals surface area contributed by atoms with Crippen molar-refractivity contribution in [3.63, 3.8) is 0 Å². The minimum atomic E-state index is 0.654. The third kappa shape index (κ3) is 1.30. The Morgan fingerprint density at radius 2 is 2.22 bits per heavy atom. The zero-order valence-electron chi connectivity index (χ0n) is 6.09. The molecule has 0 aliphatic heterocycles. The Morgan fingerprint density at radius 1 is 1.56 bits per heavy atom. The van der Waals surface area contributed by atoms with E-state index in [2.05, 4.69) is 36.3 Å². The molecule has 0 atom stereocenters. The van der Waals surface area contributed by atoms with Gasteiger partial charge in [-0.25, -0.2) is 0 Å². The summed E-state index contributed by atoms with van der Waals surface area (Å²) in [6, 6.07) is 2.18. The van der Waals surface area contributed by atoms with Gasteiger partial charge in [0.25, 0.3) is 0 Å². The highest BCUT2D eigenvalue weighted by Crippen LogP contribution is 2.09. The number of rotatable bonds is 1. The van der Waals surface area contributed by atoms with E-state index in [1.54, 1.807) is 11.5 Å². The number of hydrogen-bond donors (Lipinski definition) is 0. The van der Waals surface area contributed by atoms with Crippen molar-refractivity contribution in [2.24, 2.45) is 7.05 Å². The van der Waals surface area contributed by atoms with Crippen molar-refractivity contribution in [1.82, 2.24) is 0 Å². The van der Waals surface area contributed by atoms with Crippen LogP contribution in [0, 0.1) is 0 Å². The van der Waals surface area contributed by atoms with Crippen LogP contribution in [-0.2, 0) is 7.05 Å². The van der Waals surface area contributed by atoms with Gasteiger partial charge in [-0.3, -0.25) is 0 Å². The molecule has 0 aliphatic carbocycles. The average molecular weight is 142 g/mol. The molecule has 1 aromatic heterocycles. The minimum Gasteiger partial charge on any atom is -0.141 e. The van der Waals surface area contributed by atoms with Gasteiger partial charge >= 0.3 is 0 Å². The van der Waals surface area contributed by atoms with Crippen LogP contribution in [0.1, 0.15) is 25.5 Å². The molecule has 2 heteroatoms. The van der Waals surface area contributed by atoms with Crippen molar-refractivity contribution in [2.45, 2.75) is 19.8 Å². The number of aryl methyl sites for hydroxylation is 1. The highest BCUT2D eigenvalue weighted by atomic mass is 32.1. The minimum absolute atomic E-state index is 0.654. The number of hydrogen-bond acceptors (Lipinski definition) is 1. The first-order valence-electron chi connectivity index (χ1n) is 3.15. The van der Waals surface area contributed by atoms with Gasteiger partial charge in [-0.05, 0) is 0 Å². The fourth-order valence-electron chi connectivity index (χ4n) is 0.913. The van der Waals surface area contributed by atoms with Crippen molar-refractivity contribution in [2.75, 3.05) is 0 Å². The van der Waals surface area contributed by atoms with Gasteiger partial charge in [0.05, 0.1) is 5.38 Å². The Hall–Kier alpha value is -0.370. The summed E-state index contributed by atoms with van der Waals surface area (Å²) >= 11 is 1.75. The highest BCUT2D eigenvalue weighted by molar-refractivity contribution is 6.99. The Bertz CT molecular complexity index is 191. The maximum Gasteiger partial charge on any atom is 0.198 e. The molecule has 50 valence electrons. The van der Waals surface area contributed by atoms with E-state index < -0.39 is 0 Å². The first-order valence-corrected chi connectivity index (χ1v) is 3.99. The maximum absolute atomic E-state index is 2.21. The van der Waals surface area contributed by atoms with Crippen LogP contribution in [0.5, 0.6) is 0 Å². The van der Waals surface area contributed by atoms with Gasteiger partial charge in [0.2, 0.25) is 0 Å². The molecular weight excluding hydrogens is 130 g/mol. The Labute approximate surface area is 60.1 Å². The van der Waals surface area contributed by atoms with Gasteiger partial charge in [-0.1, -0.05) is 13.8 Å². The van der Waals surface area contributed by atoms with E-state index in [4.69, 9.17) is 0 Å². The monoisotopic (exact) mass is 142 g/mol. The van der Waals surface area contributed by atoms with E-state index in [0.29, 0.717) is 5.92 Å². The molecule has 0 aliphatic rings. The summed E-state index contributed by atoms with van der Waals surface area (Å²) in [6.45, 7) is 4.42. The fraction of sp³-hybridized carbons (Fsp3) is 0.571. The van der Waals surface area contributed by atoms with Crippen molar-refractivity contribution >= 4 is 11.5 Å². The second-order valence-electron chi connectivity index (χ2n) is 2.49. The molecule has 1 aromatic rings. The summed E-state index contributed by atoms with van der Waals surface area (Å²) in [7, 11) is 2.10. The fourth-order valence-corrected chi connectivity index (χ4v) is 1.69. The van der Waals surface area contributed by atoms with Crippen molar-refractivity contribution in [3.05, 3.63) is 17.1 Å². The van der Waals surface area contributed by atoms with Crippen LogP contribution in [-0.4, -0.2) is 0 Å². The van der Waals surface area contributed by atoms with Gasteiger partial charge in [0.1, 0.15) is 11.5 Å². The smallest absolute Gasteiger partial charge is 0.141 e. The molecule has 0 spiro atoms. The molecule has 9 heavy (non-hydrogen) atoms. The van der Waals surface area contributed by atoms with E-state index in [9.17, 15) is 0 Å². The standard InChI is InChI=1S/C7H12NS/c1-6(2)7-4-5-9-8(7)3/h4-6H,1-3H3/q+1. The average Bonchev–Trinajstić information content (AvgIpc) is 2.13. The molecule has 0 bridgehead atoms. The molecule has 0 unspecified atom stereocenters. The highest BCUT2D eigenvalue weighted by Gasteiger charge is 2.10. The molecule has 0 fully saturated rings. The SMILES string of the molecule is CC(C)c1ccs[n+]1C. The lowest BCUT2D eigenvalue weighted by atomic mass is 10.1. The number of nitrogens with zero attached hydrogens (tertiary/aromatic N) is 1.